The first-order chi connectivity index (χ1) is 7.59. The van der Waals surface area contributed by atoms with E-state index in [1.165, 1.54) is 5.12 Å². The Morgan fingerprint density at radius 1 is 1.06 bits per heavy atom. The van der Waals surface area contributed by atoms with Gasteiger partial charge in [0, 0.05) is 6.20 Å². The Balaban J connectivity index is 2.33. The van der Waals surface area contributed by atoms with Crippen molar-refractivity contribution in [3.63, 3.8) is 0 Å². The van der Waals surface area contributed by atoms with Gasteiger partial charge in [0.25, 0.3) is 0 Å². The van der Waals surface area contributed by atoms with Gasteiger partial charge in [0.2, 0.25) is 0 Å². The SMILES string of the molecule is ClC(Cl)(Cl)N1N=CC=CN1c1ccccc1. The Hall–Kier alpha value is -0.900. The summed E-state index contributed by atoms with van der Waals surface area (Å²) in [4.78, 5) is 0. The second kappa shape index (κ2) is 4.53. The van der Waals surface area contributed by atoms with Crippen LogP contribution in [0.3, 0.4) is 0 Å². The lowest BCUT2D eigenvalue weighted by atomic mass is 10.3. The van der Waals surface area contributed by atoms with E-state index >= 15 is 0 Å². The molecule has 0 saturated carbocycles. The third-order valence-electron chi connectivity index (χ3n) is 1.94. The summed E-state index contributed by atoms with van der Waals surface area (Å²) in [6, 6.07) is 9.51. The molecule has 0 aromatic heterocycles. The molecule has 0 bridgehead atoms. The van der Waals surface area contributed by atoms with Crippen LogP contribution in [-0.4, -0.2) is 15.2 Å². The van der Waals surface area contributed by atoms with Gasteiger partial charge in [0.1, 0.15) is 0 Å². The van der Waals surface area contributed by atoms with Crippen LogP contribution in [0.4, 0.5) is 5.69 Å². The first-order valence-corrected chi connectivity index (χ1v) is 5.64. The van der Waals surface area contributed by atoms with E-state index in [0.29, 0.717) is 0 Å². The molecule has 0 atom stereocenters. The van der Waals surface area contributed by atoms with Crippen molar-refractivity contribution in [2.75, 3.05) is 5.01 Å². The molecule has 1 aromatic rings. The van der Waals surface area contributed by atoms with Crippen LogP contribution in [0.2, 0.25) is 0 Å². The molecule has 0 saturated heterocycles. The topological polar surface area (TPSA) is 18.8 Å². The summed E-state index contributed by atoms with van der Waals surface area (Å²) in [5.74, 6) is 0. The first kappa shape index (κ1) is 11.6. The zero-order valence-electron chi connectivity index (χ0n) is 8.09. The molecular formula is C10H8Cl3N3. The standard InChI is InChI=1S/C10H8Cl3N3/c11-10(12,13)16-14-7-4-8-15(16)9-5-2-1-3-6-9/h1-8H. The lowest BCUT2D eigenvalue weighted by Gasteiger charge is -2.36. The number of hydrogen-bond acceptors (Lipinski definition) is 3. The second-order valence-electron chi connectivity index (χ2n) is 3.04. The molecular weight excluding hydrogens is 268 g/mol. The third kappa shape index (κ3) is 2.43. The summed E-state index contributed by atoms with van der Waals surface area (Å²) in [7, 11) is 0. The molecule has 1 aromatic carbocycles. The van der Waals surface area contributed by atoms with Gasteiger partial charge in [-0.3, -0.25) is 0 Å². The number of rotatable bonds is 1. The number of nitrogens with zero attached hydrogens (tertiary/aromatic N) is 3. The van der Waals surface area contributed by atoms with Crippen molar-refractivity contribution in [1.82, 2.24) is 5.12 Å². The van der Waals surface area contributed by atoms with Gasteiger partial charge in [-0.2, -0.15) is 5.10 Å². The summed E-state index contributed by atoms with van der Waals surface area (Å²) in [5.41, 5.74) is 0.863. The molecule has 0 aliphatic carbocycles. The van der Waals surface area contributed by atoms with Crippen LogP contribution in [0.1, 0.15) is 0 Å². The minimum Gasteiger partial charge on any atom is -0.241 e. The summed E-state index contributed by atoms with van der Waals surface area (Å²) >= 11 is 17.5. The molecule has 3 nitrogen and oxygen atoms in total. The monoisotopic (exact) mass is 275 g/mol. The molecule has 0 spiro atoms. The summed E-state index contributed by atoms with van der Waals surface area (Å²) < 4.78 is -1.63. The molecule has 0 N–H and O–H groups in total. The van der Waals surface area contributed by atoms with Crippen LogP contribution in [0, 0.1) is 0 Å². The van der Waals surface area contributed by atoms with Crippen molar-refractivity contribution in [3.8, 4) is 0 Å². The van der Waals surface area contributed by atoms with E-state index in [4.69, 9.17) is 34.8 Å². The van der Waals surface area contributed by atoms with Crippen molar-refractivity contribution in [2.24, 2.45) is 5.10 Å². The number of anilines is 1. The van der Waals surface area contributed by atoms with Crippen molar-refractivity contribution < 1.29 is 0 Å². The van der Waals surface area contributed by atoms with Gasteiger partial charge in [-0.05, 0) is 18.2 Å². The molecule has 1 aliphatic rings. The van der Waals surface area contributed by atoms with E-state index < -0.39 is 3.92 Å². The fourth-order valence-corrected chi connectivity index (χ4v) is 1.68. The number of para-hydroxylation sites is 1. The van der Waals surface area contributed by atoms with Crippen LogP contribution in [-0.2, 0) is 0 Å². The van der Waals surface area contributed by atoms with Crippen molar-refractivity contribution in [3.05, 3.63) is 42.6 Å². The first-order valence-electron chi connectivity index (χ1n) is 4.51. The van der Waals surface area contributed by atoms with E-state index in [-0.39, 0.29) is 0 Å². The number of benzene rings is 1. The van der Waals surface area contributed by atoms with Gasteiger partial charge in [0.05, 0.1) is 11.9 Å². The average molecular weight is 277 g/mol. The van der Waals surface area contributed by atoms with Crippen LogP contribution in [0.25, 0.3) is 0 Å². The predicted octanol–water partition coefficient (Wildman–Crippen LogP) is 3.55. The molecule has 0 fully saturated rings. The lowest BCUT2D eigenvalue weighted by molar-refractivity contribution is 0.289. The number of allylic oxidation sites excluding steroid dienone is 1. The van der Waals surface area contributed by atoms with E-state index in [2.05, 4.69) is 5.10 Å². The fourth-order valence-electron chi connectivity index (χ4n) is 1.30. The highest BCUT2D eigenvalue weighted by Crippen LogP contribution is 2.35. The van der Waals surface area contributed by atoms with E-state index in [1.807, 2.05) is 30.3 Å². The third-order valence-corrected chi connectivity index (χ3v) is 2.39. The zero-order valence-corrected chi connectivity index (χ0v) is 10.4. The highest BCUT2D eigenvalue weighted by atomic mass is 35.6. The maximum Gasteiger partial charge on any atom is 0.302 e. The van der Waals surface area contributed by atoms with Crippen molar-refractivity contribution in [2.45, 2.75) is 3.92 Å². The Morgan fingerprint density at radius 3 is 2.38 bits per heavy atom. The van der Waals surface area contributed by atoms with Crippen molar-refractivity contribution >= 4 is 46.7 Å². The molecule has 1 aliphatic heterocycles. The quantitative estimate of drug-likeness (QED) is 0.577. The Morgan fingerprint density at radius 2 is 1.75 bits per heavy atom. The van der Waals surface area contributed by atoms with Crippen molar-refractivity contribution in [1.29, 1.82) is 0 Å². The Bertz CT molecular complexity index is 411. The van der Waals surface area contributed by atoms with Gasteiger partial charge < -0.3 is 0 Å². The largest absolute Gasteiger partial charge is 0.302 e. The number of hydrogen-bond donors (Lipinski definition) is 0. The number of hydrazone groups is 1. The lowest BCUT2D eigenvalue weighted by Crippen LogP contribution is -2.44. The molecule has 0 radical (unpaired) electrons. The van der Waals surface area contributed by atoms with Gasteiger partial charge >= 0.3 is 3.92 Å². The summed E-state index contributed by atoms with van der Waals surface area (Å²) in [6.45, 7) is 0. The molecule has 1 heterocycles. The van der Waals surface area contributed by atoms with Crippen LogP contribution in [0.5, 0.6) is 0 Å². The smallest absolute Gasteiger partial charge is 0.241 e. The molecule has 84 valence electrons. The molecule has 6 heteroatoms. The van der Waals surface area contributed by atoms with Gasteiger partial charge in [-0.15, -0.1) is 5.12 Å². The summed E-state index contributed by atoms with van der Waals surface area (Å²) in [5, 5.41) is 6.94. The maximum atomic E-state index is 5.82. The Kier molecular flexibility index (Phi) is 3.28. The zero-order chi connectivity index (χ0) is 11.6. The predicted molar refractivity (Wildman–Crippen MR) is 68.7 cm³/mol. The summed E-state index contributed by atoms with van der Waals surface area (Å²) in [6.07, 6.45) is 5.09. The van der Waals surface area contributed by atoms with E-state index in [1.54, 1.807) is 23.5 Å². The highest BCUT2D eigenvalue weighted by Gasteiger charge is 2.34. The number of halogens is 3. The molecule has 16 heavy (non-hydrogen) atoms. The second-order valence-corrected chi connectivity index (χ2v) is 5.26. The van der Waals surface area contributed by atoms with E-state index in [9.17, 15) is 0 Å². The fraction of sp³-hybridized carbons (Fsp3) is 0.100. The molecule has 0 amide bonds. The molecule has 2 rings (SSSR count). The minimum absolute atomic E-state index is 0.863. The Labute approximate surface area is 108 Å². The maximum absolute atomic E-state index is 5.82. The molecule has 0 unspecified atom stereocenters. The number of hydrazine groups is 1. The van der Waals surface area contributed by atoms with Gasteiger partial charge in [-0.1, -0.05) is 53.0 Å². The van der Waals surface area contributed by atoms with Crippen LogP contribution in [0.15, 0.2) is 47.7 Å². The van der Waals surface area contributed by atoms with Gasteiger partial charge in [-0.25, -0.2) is 5.01 Å². The minimum atomic E-state index is -1.63. The van der Waals surface area contributed by atoms with Gasteiger partial charge in [0.15, 0.2) is 0 Å². The van der Waals surface area contributed by atoms with Crippen LogP contribution >= 0.6 is 34.8 Å². The average Bonchev–Trinajstić information content (AvgIpc) is 2.29. The normalized spacial score (nSPS) is 15.7. The number of alkyl halides is 3. The highest BCUT2D eigenvalue weighted by molar-refractivity contribution is 6.67. The van der Waals surface area contributed by atoms with E-state index in [0.717, 1.165) is 5.69 Å². The van der Waals surface area contributed by atoms with Crippen LogP contribution < -0.4 is 5.01 Å².